The Labute approximate surface area is 215 Å². The molecule has 0 unspecified atom stereocenters. The maximum Gasteiger partial charge on any atom is 0.410 e. The van der Waals surface area contributed by atoms with Gasteiger partial charge in [-0.05, 0) is 51.5 Å². The van der Waals surface area contributed by atoms with E-state index in [4.69, 9.17) is 14.2 Å². The summed E-state index contributed by atoms with van der Waals surface area (Å²) in [6.07, 6.45) is 11.1. The zero-order chi connectivity index (χ0) is 26.3. The van der Waals surface area contributed by atoms with Crippen LogP contribution in [0.4, 0.5) is 4.79 Å². The van der Waals surface area contributed by atoms with Crippen molar-refractivity contribution in [2.45, 2.75) is 89.6 Å². The molecule has 2 fully saturated rings. The molecule has 0 bridgehead atoms. The van der Waals surface area contributed by atoms with Gasteiger partial charge in [0.05, 0.1) is 43.5 Å². The average molecular weight is 506 g/mol. The third kappa shape index (κ3) is 7.67. The molecule has 0 aromatic heterocycles. The fourth-order valence-corrected chi connectivity index (χ4v) is 5.01. The topological polar surface area (TPSA) is 106 Å². The second kappa shape index (κ2) is 12.4. The van der Waals surface area contributed by atoms with Crippen LogP contribution < -0.4 is 0 Å². The average Bonchev–Trinajstić information content (AvgIpc) is 3.25. The van der Waals surface area contributed by atoms with Gasteiger partial charge in [0.2, 0.25) is 0 Å². The minimum atomic E-state index is -0.927. The number of likely N-dealkylation sites (tertiary alicyclic amines) is 1. The highest BCUT2D eigenvalue weighted by Gasteiger charge is 2.50. The molecule has 0 saturated carbocycles. The van der Waals surface area contributed by atoms with Crippen LogP contribution in [0, 0.1) is 11.8 Å². The molecule has 202 valence electrons. The number of esters is 1. The Morgan fingerprint density at radius 1 is 1.36 bits per heavy atom. The first kappa shape index (κ1) is 28.4. The molecule has 2 N–H and O–H groups in total. The summed E-state index contributed by atoms with van der Waals surface area (Å²) in [5, 5.41) is 20.7. The summed E-state index contributed by atoms with van der Waals surface area (Å²) < 4.78 is 16.6. The van der Waals surface area contributed by atoms with Crippen LogP contribution in [0.5, 0.6) is 0 Å². The number of hydrogen-bond acceptors (Lipinski definition) is 7. The van der Waals surface area contributed by atoms with Gasteiger partial charge >= 0.3 is 12.1 Å². The number of carbonyl (C=O) groups is 2. The number of rotatable bonds is 5. The predicted molar refractivity (Wildman–Crippen MR) is 136 cm³/mol. The Morgan fingerprint density at radius 3 is 2.81 bits per heavy atom. The molecule has 36 heavy (non-hydrogen) atoms. The SMILES string of the molecule is C/C(=C\C=C\[C@@H](C)COC(=O)N1CCCC12COC2)[C@H]1OC(=O)C[C@H](O)CC[C@@](C)(O)C/C=C/[C@@H]1C. The molecule has 3 rings (SSSR count). The molecule has 0 radical (unpaired) electrons. The standard InChI is InChI=1S/C28H43NO7/c1-20(17-35-26(32)29-15-7-13-28(29)18-34-19-28)8-5-9-21(2)25-22(3)10-6-12-27(4,33)14-11-23(30)16-24(31)36-25/h5-6,8-10,20,22-23,25,30,33H,7,11-19H2,1-4H3/b8-5+,10-6+,21-9+/t20-,22+,23-,25-,27+/m1/s1. The van der Waals surface area contributed by atoms with E-state index in [0.29, 0.717) is 32.5 Å². The second-order valence-electron chi connectivity index (χ2n) is 11.1. The highest BCUT2D eigenvalue weighted by atomic mass is 16.6. The van der Waals surface area contributed by atoms with Gasteiger partial charge in [-0.1, -0.05) is 44.2 Å². The number of allylic oxidation sites excluding steroid dienone is 2. The van der Waals surface area contributed by atoms with Gasteiger partial charge < -0.3 is 24.4 Å². The van der Waals surface area contributed by atoms with Gasteiger partial charge in [0.25, 0.3) is 0 Å². The molecule has 2 saturated heterocycles. The van der Waals surface area contributed by atoms with Crippen LogP contribution in [-0.4, -0.2) is 76.9 Å². The molecule has 5 atom stereocenters. The van der Waals surface area contributed by atoms with Gasteiger partial charge in [-0.2, -0.15) is 0 Å². The number of aliphatic hydroxyl groups excluding tert-OH is 1. The van der Waals surface area contributed by atoms with E-state index >= 15 is 0 Å². The normalized spacial score (nSPS) is 33.4. The van der Waals surface area contributed by atoms with Gasteiger partial charge in [0.15, 0.2) is 0 Å². The fraction of sp³-hybridized carbons (Fsp3) is 0.714. The zero-order valence-corrected chi connectivity index (χ0v) is 22.2. The molecule has 0 aliphatic carbocycles. The minimum absolute atomic E-state index is 0.0164. The van der Waals surface area contributed by atoms with Crippen molar-refractivity contribution in [2.75, 3.05) is 26.4 Å². The summed E-state index contributed by atoms with van der Waals surface area (Å²) in [4.78, 5) is 26.8. The maximum atomic E-state index is 12.6. The van der Waals surface area contributed by atoms with E-state index in [-0.39, 0.29) is 36.5 Å². The first-order valence-corrected chi connectivity index (χ1v) is 13.1. The number of amides is 1. The first-order chi connectivity index (χ1) is 17.0. The molecular weight excluding hydrogens is 462 g/mol. The lowest BCUT2D eigenvalue weighted by atomic mass is 9.91. The second-order valence-corrected chi connectivity index (χ2v) is 11.1. The quantitative estimate of drug-likeness (QED) is 0.331. The number of nitrogens with zero attached hydrogens (tertiary/aromatic N) is 1. The van der Waals surface area contributed by atoms with E-state index in [1.165, 1.54) is 0 Å². The van der Waals surface area contributed by atoms with E-state index in [9.17, 15) is 19.8 Å². The van der Waals surface area contributed by atoms with E-state index in [1.807, 2.05) is 56.1 Å². The lowest BCUT2D eigenvalue weighted by Gasteiger charge is -2.44. The molecular formula is C28H43NO7. The fourth-order valence-electron chi connectivity index (χ4n) is 5.01. The van der Waals surface area contributed by atoms with Crippen molar-refractivity contribution in [1.29, 1.82) is 0 Å². The Kier molecular flexibility index (Phi) is 9.78. The van der Waals surface area contributed by atoms with Crippen LogP contribution in [-0.2, 0) is 19.0 Å². The van der Waals surface area contributed by atoms with Gasteiger partial charge in [0.1, 0.15) is 6.10 Å². The highest BCUT2D eigenvalue weighted by Crippen LogP contribution is 2.36. The van der Waals surface area contributed by atoms with Crippen LogP contribution in [0.25, 0.3) is 0 Å². The number of ether oxygens (including phenoxy) is 3. The third-order valence-electron chi connectivity index (χ3n) is 7.43. The molecule has 0 aromatic rings. The van der Waals surface area contributed by atoms with Crippen molar-refractivity contribution < 1.29 is 34.0 Å². The van der Waals surface area contributed by atoms with Gasteiger partial charge in [-0.15, -0.1) is 0 Å². The first-order valence-electron chi connectivity index (χ1n) is 13.1. The maximum absolute atomic E-state index is 12.6. The van der Waals surface area contributed by atoms with Gasteiger partial charge in [0, 0.05) is 18.4 Å². The lowest BCUT2D eigenvalue weighted by molar-refractivity contribution is -0.151. The Hall–Kier alpha value is -2.16. The molecule has 8 nitrogen and oxygen atoms in total. The van der Waals surface area contributed by atoms with Crippen molar-refractivity contribution in [3.05, 3.63) is 36.0 Å². The van der Waals surface area contributed by atoms with E-state index < -0.39 is 23.8 Å². The number of carbonyl (C=O) groups excluding carboxylic acids is 2. The molecule has 3 aliphatic heterocycles. The summed E-state index contributed by atoms with van der Waals surface area (Å²) in [5.41, 5.74) is -0.217. The van der Waals surface area contributed by atoms with Crippen molar-refractivity contribution in [2.24, 2.45) is 11.8 Å². The van der Waals surface area contributed by atoms with Crippen LogP contribution in [0.2, 0.25) is 0 Å². The smallest absolute Gasteiger partial charge is 0.410 e. The van der Waals surface area contributed by atoms with Crippen molar-refractivity contribution in [1.82, 2.24) is 4.90 Å². The van der Waals surface area contributed by atoms with E-state index in [1.54, 1.807) is 6.92 Å². The Morgan fingerprint density at radius 2 is 2.11 bits per heavy atom. The lowest BCUT2D eigenvalue weighted by Crippen LogP contribution is -2.60. The minimum Gasteiger partial charge on any atom is -0.457 e. The number of aliphatic hydroxyl groups is 2. The number of hydrogen-bond donors (Lipinski definition) is 2. The molecule has 1 spiro atoms. The van der Waals surface area contributed by atoms with E-state index in [2.05, 4.69) is 0 Å². The summed E-state index contributed by atoms with van der Waals surface area (Å²) in [7, 11) is 0. The largest absolute Gasteiger partial charge is 0.457 e. The molecule has 1 amide bonds. The zero-order valence-electron chi connectivity index (χ0n) is 22.2. The molecule has 3 heterocycles. The van der Waals surface area contributed by atoms with Crippen molar-refractivity contribution in [3.63, 3.8) is 0 Å². The summed E-state index contributed by atoms with van der Waals surface area (Å²) in [5.74, 6) is -0.545. The Balaban J connectivity index is 1.57. The summed E-state index contributed by atoms with van der Waals surface area (Å²) in [6.45, 7) is 9.79. The molecule has 0 aromatic carbocycles. The van der Waals surface area contributed by atoms with Gasteiger partial charge in [-0.3, -0.25) is 9.69 Å². The third-order valence-corrected chi connectivity index (χ3v) is 7.43. The number of cyclic esters (lactones) is 1. The van der Waals surface area contributed by atoms with Crippen LogP contribution in [0.15, 0.2) is 36.0 Å². The Bertz CT molecular complexity index is 858. The van der Waals surface area contributed by atoms with Crippen LogP contribution in [0.1, 0.15) is 66.2 Å². The van der Waals surface area contributed by atoms with Crippen LogP contribution in [0.3, 0.4) is 0 Å². The molecule has 3 aliphatic rings. The molecule has 8 heteroatoms. The van der Waals surface area contributed by atoms with E-state index in [0.717, 1.165) is 25.0 Å². The summed E-state index contributed by atoms with van der Waals surface area (Å²) >= 11 is 0. The van der Waals surface area contributed by atoms with Gasteiger partial charge in [-0.25, -0.2) is 4.79 Å². The van der Waals surface area contributed by atoms with Crippen molar-refractivity contribution >= 4 is 12.1 Å². The predicted octanol–water partition coefficient (Wildman–Crippen LogP) is 3.92. The van der Waals surface area contributed by atoms with Crippen molar-refractivity contribution in [3.8, 4) is 0 Å². The monoisotopic (exact) mass is 505 g/mol. The van der Waals surface area contributed by atoms with Crippen LogP contribution >= 0.6 is 0 Å². The highest BCUT2D eigenvalue weighted by molar-refractivity contribution is 5.70. The summed E-state index contributed by atoms with van der Waals surface area (Å²) in [6, 6.07) is 0.